The van der Waals surface area contributed by atoms with Crippen molar-refractivity contribution in [3.63, 3.8) is 0 Å². The van der Waals surface area contributed by atoms with Crippen molar-refractivity contribution >= 4 is 39.1 Å². The number of ether oxygens (including phenoxy) is 2. The van der Waals surface area contributed by atoms with Crippen LogP contribution in [0, 0.1) is 0 Å². The molecule has 0 aliphatic carbocycles. The Labute approximate surface area is 190 Å². The fourth-order valence-corrected chi connectivity index (χ4v) is 3.88. The molecule has 2 amide bonds. The highest BCUT2D eigenvalue weighted by molar-refractivity contribution is 7.92. The molecular weight excluding hydrogens is 450 g/mol. The molecule has 0 spiro atoms. The molecule has 0 saturated carbocycles. The Morgan fingerprint density at radius 2 is 1.58 bits per heavy atom. The van der Waals surface area contributed by atoms with Crippen molar-refractivity contribution in [3.8, 4) is 11.5 Å². The van der Waals surface area contributed by atoms with E-state index in [1.54, 1.807) is 18.2 Å². The van der Waals surface area contributed by atoms with Crippen molar-refractivity contribution < 1.29 is 32.6 Å². The first-order valence-electron chi connectivity index (χ1n) is 9.48. The van der Waals surface area contributed by atoms with Crippen LogP contribution in [-0.4, -0.2) is 39.7 Å². The molecule has 0 fully saturated rings. The van der Waals surface area contributed by atoms with E-state index in [1.807, 2.05) is 0 Å². The van der Waals surface area contributed by atoms with E-state index in [-0.39, 0.29) is 27.6 Å². The molecule has 33 heavy (non-hydrogen) atoms. The van der Waals surface area contributed by atoms with Crippen LogP contribution in [0.4, 0.5) is 21.9 Å². The molecule has 0 atom stereocenters. The molecule has 0 aliphatic heterocycles. The van der Waals surface area contributed by atoms with Gasteiger partial charge in [0.05, 0.1) is 30.5 Å². The van der Waals surface area contributed by atoms with Gasteiger partial charge in [-0.05, 0) is 54.6 Å². The lowest BCUT2D eigenvalue weighted by Gasteiger charge is -2.13. The summed E-state index contributed by atoms with van der Waals surface area (Å²) in [5.74, 6) is -0.579. The smallest absolute Gasteiger partial charge is 0.411 e. The van der Waals surface area contributed by atoms with Crippen LogP contribution in [-0.2, 0) is 14.8 Å². The van der Waals surface area contributed by atoms with Crippen molar-refractivity contribution in [2.75, 3.05) is 29.6 Å². The molecule has 0 unspecified atom stereocenters. The Morgan fingerprint density at radius 1 is 0.879 bits per heavy atom. The summed E-state index contributed by atoms with van der Waals surface area (Å²) in [6.07, 6.45) is -0.656. The average Bonchev–Trinajstić information content (AvgIpc) is 2.80. The Bertz CT molecular complexity index is 1280. The van der Waals surface area contributed by atoms with E-state index < -0.39 is 22.0 Å². The first kappa shape index (κ1) is 23.4. The molecule has 3 aromatic carbocycles. The first-order chi connectivity index (χ1) is 15.7. The van der Waals surface area contributed by atoms with Crippen LogP contribution in [0.1, 0.15) is 10.4 Å². The van der Waals surface area contributed by atoms with Crippen LogP contribution in [0.25, 0.3) is 0 Å². The number of methoxy groups -OCH3 is 2. The Kier molecular flexibility index (Phi) is 7.04. The Hall–Kier alpha value is -4.25. The van der Waals surface area contributed by atoms with E-state index in [4.69, 9.17) is 4.74 Å². The van der Waals surface area contributed by atoms with Gasteiger partial charge in [0.1, 0.15) is 11.5 Å². The summed E-state index contributed by atoms with van der Waals surface area (Å²) in [6, 6.07) is 15.9. The highest BCUT2D eigenvalue weighted by Crippen LogP contribution is 2.30. The Balaban J connectivity index is 1.80. The quantitative estimate of drug-likeness (QED) is 0.385. The van der Waals surface area contributed by atoms with Gasteiger partial charge in [-0.15, -0.1) is 0 Å². The van der Waals surface area contributed by atoms with Crippen LogP contribution in [0.15, 0.2) is 71.6 Å². The summed E-state index contributed by atoms with van der Waals surface area (Å²) in [4.78, 5) is 23.6. The van der Waals surface area contributed by atoms with Gasteiger partial charge in [-0.1, -0.05) is 12.1 Å². The van der Waals surface area contributed by atoms with Crippen molar-refractivity contribution in [2.45, 2.75) is 4.90 Å². The van der Waals surface area contributed by atoms with E-state index in [2.05, 4.69) is 20.1 Å². The number of benzene rings is 3. The molecule has 0 aromatic heterocycles. The molecule has 0 heterocycles. The molecule has 3 aromatic rings. The lowest BCUT2D eigenvalue weighted by Crippen LogP contribution is -2.16. The molecular formula is C22H21N3O7S. The number of aromatic hydroxyl groups is 1. The van der Waals surface area contributed by atoms with E-state index in [0.717, 1.165) is 12.1 Å². The van der Waals surface area contributed by atoms with Crippen LogP contribution in [0.3, 0.4) is 0 Å². The normalized spacial score (nSPS) is 10.7. The predicted octanol–water partition coefficient (Wildman–Crippen LogP) is 3.63. The van der Waals surface area contributed by atoms with Crippen LogP contribution in [0.2, 0.25) is 0 Å². The van der Waals surface area contributed by atoms with E-state index in [0.29, 0.717) is 11.4 Å². The van der Waals surface area contributed by atoms with Gasteiger partial charge >= 0.3 is 6.09 Å². The number of nitrogens with one attached hydrogen (secondary N) is 3. The maximum Gasteiger partial charge on any atom is 0.411 e. The SMILES string of the molecule is COC(=O)Nc1ccc(C(=O)Nc2cc(S(=O)(=O)Nc3ccccc3OC)ccc2O)cc1. The second kappa shape index (κ2) is 9.92. The van der Waals surface area contributed by atoms with E-state index in [1.165, 1.54) is 50.6 Å². The van der Waals surface area contributed by atoms with Gasteiger partial charge in [-0.2, -0.15) is 0 Å². The maximum atomic E-state index is 12.8. The van der Waals surface area contributed by atoms with Gasteiger partial charge in [-0.3, -0.25) is 14.8 Å². The largest absolute Gasteiger partial charge is 0.506 e. The topological polar surface area (TPSA) is 143 Å². The minimum absolute atomic E-state index is 0.0975. The van der Waals surface area contributed by atoms with Gasteiger partial charge in [-0.25, -0.2) is 13.2 Å². The highest BCUT2D eigenvalue weighted by Gasteiger charge is 2.19. The number of anilines is 3. The molecule has 11 heteroatoms. The van der Waals surface area contributed by atoms with Crippen molar-refractivity contribution in [1.82, 2.24) is 0 Å². The van der Waals surface area contributed by atoms with E-state index in [9.17, 15) is 23.1 Å². The fraction of sp³-hybridized carbons (Fsp3) is 0.0909. The monoisotopic (exact) mass is 471 g/mol. The van der Waals surface area contributed by atoms with Crippen molar-refractivity contribution in [3.05, 3.63) is 72.3 Å². The third-order valence-corrected chi connectivity index (χ3v) is 5.82. The zero-order chi connectivity index (χ0) is 24.0. The number of rotatable bonds is 7. The number of hydrogen-bond donors (Lipinski definition) is 4. The molecule has 4 N–H and O–H groups in total. The summed E-state index contributed by atoms with van der Waals surface area (Å²) in [6.45, 7) is 0. The number of carbonyl (C=O) groups excluding carboxylic acids is 2. The standard InChI is InChI=1S/C22H21N3O7S/c1-31-20-6-4-3-5-17(20)25-33(29,30)16-11-12-19(26)18(13-16)24-21(27)14-7-9-15(10-8-14)23-22(28)32-2/h3-13,25-26H,1-2H3,(H,23,28)(H,24,27). The van der Waals surface area contributed by atoms with Gasteiger partial charge in [0.15, 0.2) is 0 Å². The summed E-state index contributed by atoms with van der Waals surface area (Å²) in [7, 11) is -1.41. The second-order valence-corrected chi connectivity index (χ2v) is 8.32. The molecule has 0 saturated heterocycles. The molecule has 10 nitrogen and oxygen atoms in total. The summed E-state index contributed by atoms with van der Waals surface area (Å²) < 4.78 is 37.7. The zero-order valence-electron chi connectivity index (χ0n) is 17.7. The van der Waals surface area contributed by atoms with Crippen LogP contribution < -0.4 is 20.1 Å². The number of sulfonamides is 1. The second-order valence-electron chi connectivity index (χ2n) is 6.63. The Morgan fingerprint density at radius 3 is 2.24 bits per heavy atom. The van der Waals surface area contributed by atoms with Gasteiger partial charge in [0, 0.05) is 11.3 Å². The fourth-order valence-electron chi connectivity index (χ4n) is 2.78. The van der Waals surface area contributed by atoms with Crippen LogP contribution in [0.5, 0.6) is 11.5 Å². The molecule has 0 radical (unpaired) electrons. The zero-order valence-corrected chi connectivity index (χ0v) is 18.5. The minimum Gasteiger partial charge on any atom is -0.506 e. The van der Waals surface area contributed by atoms with Gasteiger partial charge < -0.3 is 19.9 Å². The van der Waals surface area contributed by atoms with E-state index >= 15 is 0 Å². The minimum atomic E-state index is -4.05. The summed E-state index contributed by atoms with van der Waals surface area (Å²) in [5, 5.41) is 15.1. The van der Waals surface area contributed by atoms with Gasteiger partial charge in [0.25, 0.3) is 15.9 Å². The average molecular weight is 471 g/mol. The number of hydrogen-bond acceptors (Lipinski definition) is 7. The maximum absolute atomic E-state index is 12.8. The highest BCUT2D eigenvalue weighted by atomic mass is 32.2. The summed E-state index contributed by atoms with van der Waals surface area (Å²) in [5.41, 5.74) is 0.765. The lowest BCUT2D eigenvalue weighted by molar-refractivity contribution is 0.102. The molecule has 0 aliphatic rings. The number of carbonyl (C=O) groups is 2. The number of phenolic OH excluding ortho intramolecular Hbond substituents is 1. The van der Waals surface area contributed by atoms with Gasteiger partial charge in [0.2, 0.25) is 0 Å². The third kappa shape index (κ3) is 5.71. The molecule has 172 valence electrons. The predicted molar refractivity (Wildman–Crippen MR) is 122 cm³/mol. The molecule has 3 rings (SSSR count). The third-order valence-electron chi connectivity index (χ3n) is 4.46. The summed E-state index contributed by atoms with van der Waals surface area (Å²) >= 11 is 0. The number of para-hydroxylation sites is 2. The lowest BCUT2D eigenvalue weighted by atomic mass is 10.2. The number of phenols is 1. The molecule has 0 bridgehead atoms. The first-order valence-corrected chi connectivity index (χ1v) is 11.0. The van der Waals surface area contributed by atoms with Crippen LogP contribution >= 0.6 is 0 Å². The van der Waals surface area contributed by atoms with Crippen molar-refractivity contribution in [1.29, 1.82) is 0 Å². The number of amides is 2. The van der Waals surface area contributed by atoms with Crippen molar-refractivity contribution in [2.24, 2.45) is 0 Å².